The van der Waals surface area contributed by atoms with Crippen LogP contribution in [0.15, 0.2) is 30.3 Å². The highest BCUT2D eigenvalue weighted by Gasteiger charge is 2.32. The first-order valence-electron chi connectivity index (χ1n) is 7.85. The maximum Gasteiger partial charge on any atom is 0.327 e. The van der Waals surface area contributed by atoms with Crippen LogP contribution in [0.5, 0.6) is 23.0 Å². The summed E-state index contributed by atoms with van der Waals surface area (Å²) in [6, 6.07) is 8.36. The summed E-state index contributed by atoms with van der Waals surface area (Å²) in [5.41, 5.74) is 0.0773. The molecule has 0 atom stereocenters. The number of hydrogen-bond acceptors (Lipinski definition) is 7. The first-order chi connectivity index (χ1) is 13.0. The van der Waals surface area contributed by atoms with Crippen LogP contribution in [0.3, 0.4) is 0 Å². The summed E-state index contributed by atoms with van der Waals surface area (Å²) < 4.78 is 20.6. The lowest BCUT2D eigenvalue weighted by Crippen LogP contribution is -2.24. The third kappa shape index (κ3) is 4.20. The van der Waals surface area contributed by atoms with E-state index in [4.69, 9.17) is 18.9 Å². The molecule has 0 radical (unpaired) electrons. The second-order valence-corrected chi connectivity index (χ2v) is 5.33. The van der Waals surface area contributed by atoms with Crippen LogP contribution < -0.4 is 24.3 Å². The van der Waals surface area contributed by atoms with Gasteiger partial charge in [0.1, 0.15) is 11.3 Å². The highest BCUT2D eigenvalue weighted by Crippen LogP contribution is 2.46. The zero-order chi connectivity index (χ0) is 20.0. The highest BCUT2D eigenvalue weighted by atomic mass is 16.6. The molecule has 0 spiro atoms. The molecule has 0 saturated heterocycles. The number of methoxy groups -OCH3 is 4. The molecule has 1 N–H and O–H groups in total. The smallest absolute Gasteiger partial charge is 0.327 e. The normalized spacial score (nSPS) is 10.1. The molecule has 0 aliphatic carbocycles. The summed E-state index contributed by atoms with van der Waals surface area (Å²) >= 11 is 0. The van der Waals surface area contributed by atoms with Gasteiger partial charge in [-0.15, -0.1) is 0 Å². The van der Waals surface area contributed by atoms with E-state index in [1.54, 1.807) is 24.3 Å². The van der Waals surface area contributed by atoms with Crippen molar-refractivity contribution in [2.45, 2.75) is 6.54 Å². The third-order valence-corrected chi connectivity index (χ3v) is 3.82. The van der Waals surface area contributed by atoms with Crippen molar-refractivity contribution in [3.05, 3.63) is 51.6 Å². The van der Waals surface area contributed by atoms with Gasteiger partial charge in [-0.05, 0) is 17.7 Å². The number of nitrogens with zero attached hydrogens (tertiary/aromatic N) is 1. The van der Waals surface area contributed by atoms with Crippen molar-refractivity contribution in [1.82, 2.24) is 5.32 Å². The predicted molar refractivity (Wildman–Crippen MR) is 96.9 cm³/mol. The van der Waals surface area contributed by atoms with Gasteiger partial charge in [0.2, 0.25) is 11.5 Å². The number of nitro benzene ring substituents is 1. The number of nitrogens with one attached hydrogen (secondary N) is 1. The Balaban J connectivity index is 2.40. The zero-order valence-electron chi connectivity index (χ0n) is 15.4. The van der Waals surface area contributed by atoms with Gasteiger partial charge in [0.25, 0.3) is 5.91 Å². The Morgan fingerprint density at radius 1 is 1.04 bits per heavy atom. The number of rotatable bonds is 8. The fourth-order valence-electron chi connectivity index (χ4n) is 2.56. The molecule has 0 aromatic heterocycles. The van der Waals surface area contributed by atoms with Gasteiger partial charge < -0.3 is 24.3 Å². The Hall–Kier alpha value is -3.49. The van der Waals surface area contributed by atoms with Crippen molar-refractivity contribution in [1.29, 1.82) is 0 Å². The highest BCUT2D eigenvalue weighted by molar-refractivity contribution is 6.00. The molecule has 0 unspecified atom stereocenters. The summed E-state index contributed by atoms with van der Waals surface area (Å²) in [4.78, 5) is 23.5. The van der Waals surface area contributed by atoms with Crippen LogP contribution in [0.25, 0.3) is 0 Å². The van der Waals surface area contributed by atoms with E-state index in [1.807, 2.05) is 0 Å². The molecule has 0 bridgehead atoms. The van der Waals surface area contributed by atoms with Gasteiger partial charge >= 0.3 is 5.69 Å². The summed E-state index contributed by atoms with van der Waals surface area (Å²) in [5, 5.41) is 14.2. The zero-order valence-corrected chi connectivity index (χ0v) is 15.4. The van der Waals surface area contributed by atoms with Crippen molar-refractivity contribution < 1.29 is 28.7 Å². The maximum absolute atomic E-state index is 12.6. The standard InChI is InChI=1S/C18H20N2O7/c1-24-12-7-5-6-11(8-12)10-19-18(21)13-9-14(25-2)16(26-3)17(27-4)15(13)20(22)23/h5-9H,10H2,1-4H3,(H,19,21). The third-order valence-electron chi connectivity index (χ3n) is 3.82. The van der Waals surface area contributed by atoms with Gasteiger partial charge in [-0.25, -0.2) is 0 Å². The minimum atomic E-state index is -0.693. The second kappa shape index (κ2) is 8.75. The maximum atomic E-state index is 12.6. The van der Waals surface area contributed by atoms with Gasteiger partial charge in [-0.1, -0.05) is 12.1 Å². The van der Waals surface area contributed by atoms with E-state index in [1.165, 1.54) is 34.5 Å². The summed E-state index contributed by atoms with van der Waals surface area (Å²) in [5.74, 6) is -0.0137. The minimum absolute atomic E-state index is 0.0380. The monoisotopic (exact) mass is 376 g/mol. The van der Waals surface area contributed by atoms with Crippen molar-refractivity contribution in [3.63, 3.8) is 0 Å². The van der Waals surface area contributed by atoms with Gasteiger partial charge in [0, 0.05) is 12.6 Å². The van der Waals surface area contributed by atoms with Gasteiger partial charge in [-0.3, -0.25) is 14.9 Å². The van der Waals surface area contributed by atoms with Crippen molar-refractivity contribution in [2.75, 3.05) is 28.4 Å². The number of hydrogen-bond donors (Lipinski definition) is 1. The number of nitro groups is 1. The van der Waals surface area contributed by atoms with E-state index < -0.39 is 16.5 Å². The number of carbonyl (C=O) groups is 1. The molecule has 9 nitrogen and oxygen atoms in total. The average Bonchev–Trinajstić information content (AvgIpc) is 2.69. The molecule has 0 heterocycles. The fourth-order valence-corrected chi connectivity index (χ4v) is 2.56. The van der Waals surface area contributed by atoms with Gasteiger partial charge in [-0.2, -0.15) is 0 Å². The number of ether oxygens (including phenoxy) is 4. The summed E-state index contributed by atoms with van der Waals surface area (Å²) in [6.45, 7) is 0.157. The largest absolute Gasteiger partial charge is 0.497 e. The molecule has 2 aromatic carbocycles. The Bertz CT molecular complexity index is 852. The Morgan fingerprint density at radius 2 is 1.74 bits per heavy atom. The molecule has 2 aromatic rings. The number of carbonyl (C=O) groups excluding carboxylic acids is 1. The molecule has 0 aliphatic rings. The lowest BCUT2D eigenvalue weighted by molar-refractivity contribution is -0.386. The average molecular weight is 376 g/mol. The van der Waals surface area contributed by atoms with Crippen molar-refractivity contribution in [2.24, 2.45) is 0 Å². The molecule has 0 saturated carbocycles. The lowest BCUT2D eigenvalue weighted by Gasteiger charge is -2.15. The van der Waals surface area contributed by atoms with E-state index in [0.29, 0.717) is 5.75 Å². The molecule has 0 aliphatic heterocycles. The van der Waals surface area contributed by atoms with Crippen LogP contribution in [-0.2, 0) is 6.54 Å². The van der Waals surface area contributed by atoms with Gasteiger partial charge in [0.05, 0.1) is 33.4 Å². The van der Waals surface area contributed by atoms with Gasteiger partial charge in [0.15, 0.2) is 5.75 Å². The van der Waals surface area contributed by atoms with E-state index in [0.717, 1.165) is 5.56 Å². The Labute approximate surface area is 155 Å². The molecule has 1 amide bonds. The summed E-state index contributed by atoms with van der Waals surface area (Å²) in [6.07, 6.45) is 0. The predicted octanol–water partition coefficient (Wildman–Crippen LogP) is 2.56. The molecule has 0 fully saturated rings. The number of amides is 1. The van der Waals surface area contributed by atoms with Crippen LogP contribution in [0.2, 0.25) is 0 Å². The van der Waals surface area contributed by atoms with Crippen LogP contribution in [0.4, 0.5) is 5.69 Å². The van der Waals surface area contributed by atoms with E-state index >= 15 is 0 Å². The van der Waals surface area contributed by atoms with E-state index in [2.05, 4.69) is 5.32 Å². The SMILES string of the molecule is COc1cccc(CNC(=O)c2cc(OC)c(OC)c(OC)c2[N+](=O)[O-])c1. The van der Waals surface area contributed by atoms with E-state index in [-0.39, 0.29) is 29.4 Å². The lowest BCUT2D eigenvalue weighted by atomic mass is 10.1. The summed E-state index contributed by atoms with van der Waals surface area (Å²) in [7, 11) is 5.48. The molecular weight excluding hydrogens is 356 g/mol. The van der Waals surface area contributed by atoms with Crippen molar-refractivity contribution >= 4 is 11.6 Å². The topological polar surface area (TPSA) is 109 Å². The van der Waals surface area contributed by atoms with E-state index in [9.17, 15) is 14.9 Å². The quantitative estimate of drug-likeness (QED) is 0.557. The molecular formula is C18H20N2O7. The minimum Gasteiger partial charge on any atom is -0.497 e. The number of benzene rings is 2. The Kier molecular flexibility index (Phi) is 6.42. The van der Waals surface area contributed by atoms with Crippen LogP contribution in [0, 0.1) is 10.1 Å². The van der Waals surface area contributed by atoms with Crippen LogP contribution in [0.1, 0.15) is 15.9 Å². The first kappa shape index (κ1) is 19.8. The first-order valence-corrected chi connectivity index (χ1v) is 7.85. The fraction of sp³-hybridized carbons (Fsp3) is 0.278. The molecule has 9 heteroatoms. The molecule has 144 valence electrons. The molecule has 27 heavy (non-hydrogen) atoms. The van der Waals surface area contributed by atoms with Crippen LogP contribution >= 0.6 is 0 Å². The Morgan fingerprint density at radius 3 is 2.30 bits per heavy atom. The van der Waals surface area contributed by atoms with Crippen LogP contribution in [-0.4, -0.2) is 39.3 Å². The molecule has 2 rings (SSSR count). The van der Waals surface area contributed by atoms with Crippen molar-refractivity contribution in [3.8, 4) is 23.0 Å². The second-order valence-electron chi connectivity index (χ2n) is 5.33.